The van der Waals surface area contributed by atoms with E-state index < -0.39 is 0 Å². The molecule has 6 rings (SSSR count). The van der Waals surface area contributed by atoms with Crippen molar-refractivity contribution in [3.8, 4) is 34.7 Å². The third kappa shape index (κ3) is 3.30. The number of aryl methyl sites for hydroxylation is 1. The van der Waals surface area contributed by atoms with Crippen LogP contribution in [0.3, 0.4) is 0 Å². The Bertz CT molecular complexity index is 1850. The molecule has 164 valence electrons. The van der Waals surface area contributed by atoms with Gasteiger partial charge in [0.15, 0.2) is 0 Å². The maximum Gasteiger partial charge on any atom is 0.141 e. The molecule has 0 amide bonds. The van der Waals surface area contributed by atoms with Crippen molar-refractivity contribution in [2.24, 2.45) is 0 Å². The minimum absolute atomic E-state index is 0.397. The van der Waals surface area contributed by atoms with Gasteiger partial charge in [-0.2, -0.15) is 10.5 Å². The zero-order chi connectivity index (χ0) is 24.1. The van der Waals surface area contributed by atoms with Crippen LogP contribution in [-0.4, -0.2) is 15.0 Å². The van der Waals surface area contributed by atoms with Crippen LogP contribution in [0.4, 0.5) is 0 Å². The van der Waals surface area contributed by atoms with Crippen LogP contribution in [0.1, 0.15) is 16.8 Å². The number of H-pyrrole nitrogens is 1. The summed E-state index contributed by atoms with van der Waals surface area (Å²) in [7, 11) is 0. The second-order valence-corrected chi connectivity index (χ2v) is 8.84. The Morgan fingerprint density at radius 1 is 0.800 bits per heavy atom. The van der Waals surface area contributed by atoms with E-state index in [-0.39, 0.29) is 0 Å². The van der Waals surface area contributed by atoms with Crippen LogP contribution in [-0.2, 0) is 0 Å². The maximum atomic E-state index is 9.68. The highest BCUT2D eigenvalue weighted by Crippen LogP contribution is 2.39. The van der Waals surface area contributed by atoms with Gasteiger partial charge in [-0.25, -0.2) is 4.98 Å². The number of hydrogen-bond donors (Lipinski definition) is 1. The van der Waals surface area contributed by atoms with Gasteiger partial charge in [0, 0.05) is 33.2 Å². The van der Waals surface area contributed by atoms with Crippen molar-refractivity contribution >= 4 is 44.2 Å². The van der Waals surface area contributed by atoms with Crippen molar-refractivity contribution in [2.45, 2.75) is 6.92 Å². The molecule has 2 aromatic heterocycles. The minimum atomic E-state index is 0.397. The summed E-state index contributed by atoms with van der Waals surface area (Å²) >= 11 is 6.42. The third-order valence-electron chi connectivity index (χ3n) is 6.31. The number of aromatic nitrogens is 3. The number of nitrogens with one attached hydrogen (secondary N) is 1. The molecule has 2 heterocycles. The molecule has 6 heteroatoms. The lowest BCUT2D eigenvalue weighted by molar-refractivity contribution is 1.20. The third-order valence-corrected chi connectivity index (χ3v) is 6.54. The highest BCUT2D eigenvalue weighted by molar-refractivity contribution is 6.33. The Kier molecular flexibility index (Phi) is 4.74. The van der Waals surface area contributed by atoms with E-state index in [1.807, 2.05) is 37.4 Å². The van der Waals surface area contributed by atoms with Crippen LogP contribution in [0, 0.1) is 29.6 Å². The van der Waals surface area contributed by atoms with Crippen LogP contribution >= 0.6 is 11.6 Å². The molecule has 6 aromatic rings. The van der Waals surface area contributed by atoms with E-state index in [1.165, 1.54) is 0 Å². The van der Waals surface area contributed by atoms with E-state index in [1.54, 1.807) is 18.2 Å². The van der Waals surface area contributed by atoms with Crippen molar-refractivity contribution < 1.29 is 0 Å². The van der Waals surface area contributed by atoms with Crippen LogP contribution in [0.25, 0.3) is 55.1 Å². The molecule has 0 fully saturated rings. The van der Waals surface area contributed by atoms with E-state index >= 15 is 0 Å². The molecule has 0 aliphatic carbocycles. The number of hydrogen-bond acceptors (Lipinski definition) is 4. The van der Waals surface area contributed by atoms with Gasteiger partial charge >= 0.3 is 0 Å². The summed E-state index contributed by atoms with van der Waals surface area (Å²) in [6.07, 6.45) is 1.87. The number of nitriles is 2. The summed E-state index contributed by atoms with van der Waals surface area (Å²) in [5.41, 5.74) is 5.94. The lowest BCUT2D eigenvalue weighted by Gasteiger charge is -2.09. The van der Waals surface area contributed by atoms with Crippen molar-refractivity contribution in [1.82, 2.24) is 15.0 Å². The van der Waals surface area contributed by atoms with Gasteiger partial charge in [-0.15, -0.1) is 0 Å². The van der Waals surface area contributed by atoms with Crippen LogP contribution in [0.2, 0.25) is 5.02 Å². The lowest BCUT2D eigenvalue weighted by atomic mass is 9.96. The van der Waals surface area contributed by atoms with Gasteiger partial charge < -0.3 is 4.98 Å². The first-order chi connectivity index (χ1) is 17.1. The van der Waals surface area contributed by atoms with Crippen molar-refractivity contribution in [3.05, 3.63) is 94.8 Å². The summed E-state index contributed by atoms with van der Waals surface area (Å²) in [6.45, 7) is 1.97. The zero-order valence-electron chi connectivity index (χ0n) is 18.6. The molecule has 0 aliphatic rings. The predicted molar refractivity (Wildman–Crippen MR) is 139 cm³/mol. The fraction of sp³-hybridized carbons (Fsp3) is 0.0345. The molecule has 0 spiro atoms. The molecule has 0 aliphatic heterocycles. The quantitative estimate of drug-likeness (QED) is 0.269. The molecule has 35 heavy (non-hydrogen) atoms. The molecule has 4 aromatic carbocycles. The van der Waals surface area contributed by atoms with Gasteiger partial charge in [0.1, 0.15) is 5.82 Å². The number of aromatic amines is 1. The maximum absolute atomic E-state index is 9.68. The van der Waals surface area contributed by atoms with Gasteiger partial charge in [0.05, 0.1) is 39.9 Å². The largest absolute Gasteiger partial charge is 0.337 e. The molecule has 0 atom stereocenters. The van der Waals surface area contributed by atoms with E-state index in [9.17, 15) is 10.5 Å². The van der Waals surface area contributed by atoms with Gasteiger partial charge in [0.2, 0.25) is 0 Å². The fourth-order valence-electron chi connectivity index (χ4n) is 4.62. The summed E-state index contributed by atoms with van der Waals surface area (Å²) in [4.78, 5) is 12.8. The highest BCUT2D eigenvalue weighted by atomic mass is 35.5. The van der Waals surface area contributed by atoms with E-state index in [2.05, 4.69) is 46.4 Å². The minimum Gasteiger partial charge on any atom is -0.337 e. The monoisotopic (exact) mass is 469 g/mol. The first-order valence-corrected chi connectivity index (χ1v) is 11.4. The number of fused-ring (bicyclic) bond motifs is 6. The Hall–Kier alpha value is -4.71. The number of imidazole rings is 1. The average molecular weight is 470 g/mol. The summed E-state index contributed by atoms with van der Waals surface area (Å²) < 4.78 is 0. The molecule has 5 nitrogen and oxygen atoms in total. The molecule has 0 saturated carbocycles. The zero-order valence-corrected chi connectivity index (χ0v) is 19.4. The molecule has 0 saturated heterocycles. The van der Waals surface area contributed by atoms with Crippen molar-refractivity contribution in [2.75, 3.05) is 0 Å². The Morgan fingerprint density at radius 2 is 1.51 bits per heavy atom. The lowest BCUT2D eigenvalue weighted by Crippen LogP contribution is -1.91. The normalized spacial score (nSPS) is 11.1. The highest BCUT2D eigenvalue weighted by Gasteiger charge is 2.19. The Labute approximate surface area is 205 Å². The second-order valence-electron chi connectivity index (χ2n) is 8.40. The number of pyridine rings is 1. The van der Waals surface area contributed by atoms with E-state index in [0.717, 1.165) is 49.4 Å². The summed E-state index contributed by atoms with van der Waals surface area (Å²) in [5.74, 6) is 0.490. The number of benzene rings is 4. The molecule has 1 N–H and O–H groups in total. The first-order valence-electron chi connectivity index (χ1n) is 11.0. The summed E-state index contributed by atoms with van der Waals surface area (Å²) in [6, 6.07) is 25.6. The van der Waals surface area contributed by atoms with E-state index in [0.29, 0.717) is 27.5 Å². The topological polar surface area (TPSA) is 89.1 Å². The SMILES string of the molecule is Cc1ccc(-c2ccc3c(c2)c2cc(Cl)ccc2c2[nH]c(-c4c(C#N)cccc4C#N)nc32)cn1. The van der Waals surface area contributed by atoms with Crippen molar-refractivity contribution in [1.29, 1.82) is 10.5 Å². The molecular formula is C29H16ClN5. The number of rotatable bonds is 2. The smallest absolute Gasteiger partial charge is 0.141 e. The van der Waals surface area contributed by atoms with E-state index in [4.69, 9.17) is 16.6 Å². The molecular weight excluding hydrogens is 454 g/mol. The Balaban J connectivity index is 1.71. The van der Waals surface area contributed by atoms with Gasteiger partial charge in [0.25, 0.3) is 0 Å². The number of halogens is 1. The van der Waals surface area contributed by atoms with Gasteiger partial charge in [-0.1, -0.05) is 41.9 Å². The summed E-state index contributed by atoms with van der Waals surface area (Å²) in [5, 5.41) is 23.9. The number of nitrogens with zero attached hydrogens (tertiary/aromatic N) is 4. The Morgan fingerprint density at radius 3 is 2.23 bits per heavy atom. The van der Waals surface area contributed by atoms with Crippen LogP contribution < -0.4 is 0 Å². The van der Waals surface area contributed by atoms with Crippen molar-refractivity contribution in [3.63, 3.8) is 0 Å². The first kappa shape index (κ1) is 20.9. The fourth-order valence-corrected chi connectivity index (χ4v) is 4.80. The molecule has 0 bridgehead atoms. The van der Waals surface area contributed by atoms with Gasteiger partial charge in [-0.05, 0) is 59.7 Å². The average Bonchev–Trinajstić information content (AvgIpc) is 3.33. The standard InChI is InChI=1S/C29H16ClN5/c1-16-5-6-20(15-33-16)17-7-9-22-24(11-17)25-12-21(30)8-10-23(25)28-27(22)34-29(35-28)26-18(13-31)3-2-4-19(26)14-32/h2-12,15H,1H3,(H,34,35). The van der Waals surface area contributed by atoms with Crippen LogP contribution in [0.5, 0.6) is 0 Å². The molecule has 0 unspecified atom stereocenters. The van der Waals surface area contributed by atoms with Crippen LogP contribution in [0.15, 0.2) is 72.9 Å². The second kappa shape index (κ2) is 7.95. The predicted octanol–water partition coefficient (Wildman–Crippen LogP) is 7.30. The van der Waals surface area contributed by atoms with Gasteiger partial charge in [-0.3, -0.25) is 4.98 Å². The molecule has 0 radical (unpaired) electrons.